The number of carbonyl (C=O) groups is 1. The molecular weight excluding hydrogens is 410 g/mol. The summed E-state index contributed by atoms with van der Waals surface area (Å²) in [6, 6.07) is 19.3. The van der Waals surface area contributed by atoms with Gasteiger partial charge in [0.25, 0.3) is 5.91 Å². The summed E-state index contributed by atoms with van der Waals surface area (Å²) in [6.45, 7) is 2.00. The normalized spacial score (nSPS) is 11.5. The lowest BCUT2D eigenvalue weighted by Gasteiger charge is -2.16. The molecule has 0 unspecified atom stereocenters. The lowest BCUT2D eigenvalue weighted by atomic mass is 10.1. The topological polar surface area (TPSA) is 79.8 Å². The Morgan fingerprint density at radius 2 is 1.71 bits per heavy atom. The van der Waals surface area contributed by atoms with Crippen molar-refractivity contribution in [1.82, 2.24) is 15.0 Å². The highest BCUT2D eigenvalue weighted by Gasteiger charge is 2.11. The van der Waals surface area contributed by atoms with E-state index in [4.69, 9.17) is 11.6 Å². The van der Waals surface area contributed by atoms with Crippen LogP contribution >= 0.6 is 11.6 Å². The fraction of sp³-hybridized carbons (Fsp3) is 0.0833. The first kappa shape index (κ1) is 20.5. The van der Waals surface area contributed by atoms with Crippen molar-refractivity contribution < 1.29 is 4.79 Å². The van der Waals surface area contributed by atoms with E-state index in [9.17, 15) is 4.79 Å². The first-order chi connectivity index (χ1) is 15.1. The van der Waals surface area contributed by atoms with Crippen LogP contribution in [-0.2, 0) is 0 Å². The third kappa shape index (κ3) is 5.24. The molecule has 0 bridgehead atoms. The Hall–Kier alpha value is -3.77. The number of nitrogens with one attached hydrogen (secondary N) is 2. The number of hydrogen-bond donors (Lipinski definition) is 2. The Morgan fingerprint density at radius 3 is 2.52 bits per heavy atom. The fourth-order valence-corrected chi connectivity index (χ4v) is 3.31. The van der Waals surface area contributed by atoms with Gasteiger partial charge >= 0.3 is 0 Å². The minimum Gasteiger partial charge on any atom is -0.362 e. The summed E-state index contributed by atoms with van der Waals surface area (Å²) in [6.07, 6.45) is 6.41. The second-order valence-corrected chi connectivity index (χ2v) is 7.39. The molecule has 0 aliphatic carbocycles. The Balaban J connectivity index is 1.48. The number of carbonyl (C=O) groups excluding carboxylic acids is 1. The van der Waals surface area contributed by atoms with Gasteiger partial charge in [0.15, 0.2) is 0 Å². The first-order valence-corrected chi connectivity index (χ1v) is 10.1. The van der Waals surface area contributed by atoms with Gasteiger partial charge in [-0.3, -0.25) is 14.8 Å². The van der Waals surface area contributed by atoms with Crippen LogP contribution in [0.15, 0.2) is 85.5 Å². The first-order valence-electron chi connectivity index (χ1n) is 9.74. The molecule has 0 saturated carbocycles. The van der Waals surface area contributed by atoms with E-state index in [-0.39, 0.29) is 11.9 Å². The third-order valence-electron chi connectivity index (χ3n) is 4.72. The minimum absolute atomic E-state index is 0.0623. The van der Waals surface area contributed by atoms with Crippen LogP contribution < -0.4 is 10.6 Å². The van der Waals surface area contributed by atoms with E-state index in [1.54, 1.807) is 18.6 Å². The summed E-state index contributed by atoms with van der Waals surface area (Å²) in [5, 5.41) is 6.53. The molecule has 0 fully saturated rings. The number of amides is 1. The van der Waals surface area contributed by atoms with Crippen molar-refractivity contribution in [2.75, 3.05) is 10.6 Å². The van der Waals surface area contributed by atoms with E-state index in [0.29, 0.717) is 22.2 Å². The number of pyridine rings is 1. The number of halogens is 1. The highest BCUT2D eigenvalue weighted by atomic mass is 35.5. The number of aromatic nitrogens is 3. The van der Waals surface area contributed by atoms with E-state index in [1.165, 1.54) is 6.20 Å². The standard InChI is InChI=1S/C24H20ClN5O/c1-16(28-23-15-27-14-22(25)30-23)18-8-5-9-21(11-18)29-24(31)20-10-19(12-26-13-20)17-6-3-2-4-7-17/h2-16H,1H3,(H,28,30)(H,29,31)/t16-/m0/s1. The Labute approximate surface area is 185 Å². The van der Waals surface area contributed by atoms with Crippen molar-refractivity contribution in [3.05, 3.63) is 102 Å². The Bertz CT molecular complexity index is 1200. The molecule has 0 spiro atoms. The predicted octanol–water partition coefficient (Wildman–Crippen LogP) is 5.62. The summed E-state index contributed by atoms with van der Waals surface area (Å²) in [7, 11) is 0. The molecule has 0 radical (unpaired) electrons. The summed E-state index contributed by atoms with van der Waals surface area (Å²) in [4.78, 5) is 25.3. The van der Waals surface area contributed by atoms with Gasteiger partial charge in [-0.15, -0.1) is 0 Å². The predicted molar refractivity (Wildman–Crippen MR) is 123 cm³/mol. The second-order valence-electron chi connectivity index (χ2n) is 7.00. The van der Waals surface area contributed by atoms with Crippen molar-refractivity contribution in [1.29, 1.82) is 0 Å². The molecule has 7 heteroatoms. The molecule has 4 rings (SSSR count). The van der Waals surface area contributed by atoms with E-state index in [2.05, 4.69) is 25.6 Å². The summed E-state index contributed by atoms with van der Waals surface area (Å²) >= 11 is 5.90. The average Bonchev–Trinajstić information content (AvgIpc) is 2.80. The van der Waals surface area contributed by atoms with Gasteiger partial charge in [-0.05, 0) is 36.2 Å². The molecule has 1 atom stereocenters. The maximum atomic E-state index is 12.8. The number of anilines is 2. The van der Waals surface area contributed by atoms with Gasteiger partial charge in [0.05, 0.1) is 24.0 Å². The fourth-order valence-electron chi connectivity index (χ4n) is 3.16. The molecule has 0 aliphatic rings. The van der Waals surface area contributed by atoms with Gasteiger partial charge in [0.1, 0.15) is 11.0 Å². The molecule has 0 saturated heterocycles. The van der Waals surface area contributed by atoms with Crippen LogP contribution in [0.4, 0.5) is 11.5 Å². The largest absolute Gasteiger partial charge is 0.362 e. The molecule has 2 N–H and O–H groups in total. The number of nitrogens with zero attached hydrogens (tertiary/aromatic N) is 3. The molecule has 31 heavy (non-hydrogen) atoms. The second kappa shape index (κ2) is 9.36. The van der Waals surface area contributed by atoms with Gasteiger partial charge in [-0.1, -0.05) is 54.1 Å². The highest BCUT2D eigenvalue weighted by molar-refractivity contribution is 6.29. The van der Waals surface area contributed by atoms with Gasteiger partial charge < -0.3 is 10.6 Å². The summed E-state index contributed by atoms with van der Waals surface area (Å²) < 4.78 is 0. The zero-order chi connectivity index (χ0) is 21.6. The molecule has 154 valence electrons. The van der Waals surface area contributed by atoms with Gasteiger partial charge in [0.2, 0.25) is 0 Å². The highest BCUT2D eigenvalue weighted by Crippen LogP contribution is 2.23. The smallest absolute Gasteiger partial charge is 0.257 e. The molecular formula is C24H20ClN5O. The molecule has 4 aromatic rings. The molecule has 0 aliphatic heterocycles. The summed E-state index contributed by atoms with van der Waals surface area (Å²) in [5.41, 5.74) is 4.07. The zero-order valence-corrected chi connectivity index (χ0v) is 17.5. The van der Waals surface area contributed by atoms with Gasteiger partial charge in [-0.2, -0.15) is 0 Å². The van der Waals surface area contributed by atoms with Crippen molar-refractivity contribution >= 4 is 29.0 Å². The maximum Gasteiger partial charge on any atom is 0.257 e. The summed E-state index contributed by atoms with van der Waals surface area (Å²) in [5.74, 6) is 0.363. The maximum absolute atomic E-state index is 12.8. The molecule has 2 aromatic carbocycles. The lowest BCUT2D eigenvalue weighted by molar-refractivity contribution is 0.102. The van der Waals surface area contributed by atoms with E-state index in [0.717, 1.165) is 16.7 Å². The van der Waals surface area contributed by atoms with Gasteiger partial charge in [-0.25, -0.2) is 4.98 Å². The SMILES string of the molecule is C[C@H](Nc1cncc(Cl)n1)c1cccc(NC(=O)c2cncc(-c3ccccc3)c2)c1. The van der Waals surface area contributed by atoms with Crippen LogP contribution in [0.25, 0.3) is 11.1 Å². The third-order valence-corrected chi connectivity index (χ3v) is 4.90. The Kier molecular flexibility index (Phi) is 6.19. The monoisotopic (exact) mass is 429 g/mol. The number of rotatable bonds is 6. The molecule has 6 nitrogen and oxygen atoms in total. The van der Waals surface area contributed by atoms with Crippen molar-refractivity contribution in [3.63, 3.8) is 0 Å². The lowest BCUT2D eigenvalue weighted by Crippen LogP contribution is -2.13. The molecule has 2 heterocycles. The number of benzene rings is 2. The van der Waals surface area contributed by atoms with Crippen LogP contribution in [0.2, 0.25) is 5.15 Å². The quantitative estimate of drug-likeness (QED) is 0.416. The van der Waals surface area contributed by atoms with Crippen LogP contribution in [-0.4, -0.2) is 20.9 Å². The van der Waals surface area contributed by atoms with E-state index in [1.807, 2.05) is 67.6 Å². The number of hydrogen-bond acceptors (Lipinski definition) is 5. The van der Waals surface area contributed by atoms with E-state index >= 15 is 0 Å². The molecule has 1 amide bonds. The zero-order valence-electron chi connectivity index (χ0n) is 16.8. The minimum atomic E-state index is -0.219. The van der Waals surface area contributed by atoms with Crippen LogP contribution in [0.3, 0.4) is 0 Å². The van der Waals surface area contributed by atoms with E-state index < -0.39 is 0 Å². The average molecular weight is 430 g/mol. The van der Waals surface area contributed by atoms with Crippen molar-refractivity contribution in [2.45, 2.75) is 13.0 Å². The van der Waals surface area contributed by atoms with Crippen LogP contribution in [0, 0.1) is 0 Å². The van der Waals surface area contributed by atoms with Crippen molar-refractivity contribution in [2.24, 2.45) is 0 Å². The van der Waals surface area contributed by atoms with Crippen LogP contribution in [0.5, 0.6) is 0 Å². The Morgan fingerprint density at radius 1 is 0.903 bits per heavy atom. The molecule has 2 aromatic heterocycles. The van der Waals surface area contributed by atoms with Crippen LogP contribution in [0.1, 0.15) is 28.9 Å². The van der Waals surface area contributed by atoms with Gasteiger partial charge in [0, 0.05) is 23.6 Å². The van der Waals surface area contributed by atoms with Crippen molar-refractivity contribution in [3.8, 4) is 11.1 Å².